The second-order valence-electron chi connectivity index (χ2n) is 4.79. The van der Waals surface area contributed by atoms with Gasteiger partial charge in [0.25, 0.3) is 0 Å². The monoisotopic (exact) mass is 267 g/mol. The summed E-state index contributed by atoms with van der Waals surface area (Å²) in [4.78, 5) is 19.7. The third-order valence-corrected chi connectivity index (χ3v) is 4.42. The number of hydrogen-bond acceptors (Lipinski definition) is 4. The molecule has 100 valence electrons. The van der Waals surface area contributed by atoms with Crippen molar-refractivity contribution in [3.63, 3.8) is 0 Å². The molecular weight excluding hydrogens is 246 g/mol. The van der Waals surface area contributed by atoms with E-state index in [9.17, 15) is 4.79 Å². The number of amides is 1. The average molecular weight is 267 g/mol. The van der Waals surface area contributed by atoms with Crippen LogP contribution < -0.4 is 5.32 Å². The molecule has 18 heavy (non-hydrogen) atoms. The van der Waals surface area contributed by atoms with Gasteiger partial charge in [-0.1, -0.05) is 0 Å². The first-order valence-corrected chi connectivity index (χ1v) is 7.38. The first-order chi connectivity index (χ1) is 8.70. The summed E-state index contributed by atoms with van der Waals surface area (Å²) < 4.78 is 0. The van der Waals surface area contributed by atoms with Crippen LogP contribution in [0, 0.1) is 0 Å². The zero-order chi connectivity index (χ0) is 13.0. The maximum atomic E-state index is 11.8. The molecule has 2 rings (SSSR count). The molecule has 0 atom stereocenters. The van der Waals surface area contributed by atoms with Crippen molar-refractivity contribution in [2.24, 2.45) is 0 Å². The van der Waals surface area contributed by atoms with Crippen LogP contribution in [0.4, 0.5) is 0 Å². The number of nitrogens with one attached hydrogen (secondary N) is 1. The molecule has 0 bridgehead atoms. The molecule has 1 heterocycles. The molecular formula is C13H21N3OS. The molecule has 1 amide bonds. The lowest BCUT2D eigenvalue weighted by atomic mass is 10.0. The van der Waals surface area contributed by atoms with E-state index >= 15 is 0 Å². The number of aromatic nitrogens is 1. The summed E-state index contributed by atoms with van der Waals surface area (Å²) in [7, 11) is 3.72. The summed E-state index contributed by atoms with van der Waals surface area (Å²) in [6, 6.07) is 0. The largest absolute Gasteiger partial charge is 0.339 e. The van der Waals surface area contributed by atoms with Crippen molar-refractivity contribution in [2.75, 3.05) is 20.6 Å². The van der Waals surface area contributed by atoms with E-state index < -0.39 is 0 Å². The number of carbonyl (C=O) groups is 1. The minimum absolute atomic E-state index is 0.178. The number of nitrogens with zero attached hydrogens (tertiary/aromatic N) is 2. The summed E-state index contributed by atoms with van der Waals surface area (Å²) in [5.74, 6) is 0.178. The number of aryl methyl sites for hydroxylation is 2. The van der Waals surface area contributed by atoms with Crippen molar-refractivity contribution in [2.45, 2.75) is 38.6 Å². The minimum Gasteiger partial charge on any atom is -0.339 e. The molecule has 0 saturated heterocycles. The summed E-state index contributed by atoms with van der Waals surface area (Å²) in [6.07, 6.45) is 5.38. The zero-order valence-electron chi connectivity index (χ0n) is 11.2. The van der Waals surface area contributed by atoms with Gasteiger partial charge in [0.15, 0.2) is 0 Å². The maximum Gasteiger partial charge on any atom is 0.223 e. The Labute approximate surface area is 112 Å². The highest BCUT2D eigenvalue weighted by atomic mass is 32.1. The molecule has 1 aliphatic carbocycles. The van der Waals surface area contributed by atoms with Gasteiger partial charge in [0.05, 0.1) is 12.2 Å². The minimum atomic E-state index is 0.178. The first kappa shape index (κ1) is 13.5. The van der Waals surface area contributed by atoms with Gasteiger partial charge in [-0.15, -0.1) is 11.3 Å². The first-order valence-electron chi connectivity index (χ1n) is 6.56. The molecule has 0 aromatic carbocycles. The van der Waals surface area contributed by atoms with Crippen LogP contribution in [0.1, 0.15) is 34.8 Å². The third-order valence-electron chi connectivity index (χ3n) is 3.28. The van der Waals surface area contributed by atoms with E-state index in [1.807, 2.05) is 14.1 Å². The van der Waals surface area contributed by atoms with E-state index in [4.69, 9.17) is 0 Å². The fourth-order valence-corrected chi connectivity index (χ4v) is 3.40. The van der Waals surface area contributed by atoms with Gasteiger partial charge < -0.3 is 10.2 Å². The predicted molar refractivity (Wildman–Crippen MR) is 73.8 cm³/mol. The lowest BCUT2D eigenvalue weighted by molar-refractivity contribution is -0.130. The quantitative estimate of drug-likeness (QED) is 0.881. The van der Waals surface area contributed by atoms with E-state index in [1.165, 1.54) is 29.8 Å². The molecule has 0 aliphatic heterocycles. The number of fused-ring (bicyclic) bond motifs is 1. The van der Waals surface area contributed by atoms with Crippen molar-refractivity contribution in [3.05, 3.63) is 15.6 Å². The number of rotatable bonds is 5. The summed E-state index contributed by atoms with van der Waals surface area (Å²) in [6.45, 7) is 1.39. The topological polar surface area (TPSA) is 45.2 Å². The summed E-state index contributed by atoms with van der Waals surface area (Å²) >= 11 is 1.78. The number of carbonyl (C=O) groups excluding carboxylic acids is 1. The van der Waals surface area contributed by atoms with Crippen LogP contribution in [0.2, 0.25) is 0 Å². The van der Waals surface area contributed by atoms with Crippen LogP contribution in [0.15, 0.2) is 0 Å². The van der Waals surface area contributed by atoms with Crippen molar-refractivity contribution < 1.29 is 4.79 Å². The van der Waals surface area contributed by atoms with E-state index in [-0.39, 0.29) is 5.91 Å². The lowest BCUT2D eigenvalue weighted by Crippen LogP contribution is -2.28. The normalized spacial score (nSPS) is 14.3. The molecule has 0 fully saturated rings. The summed E-state index contributed by atoms with van der Waals surface area (Å²) in [5.41, 5.74) is 1.28. The average Bonchev–Trinajstić information content (AvgIpc) is 2.77. The van der Waals surface area contributed by atoms with Crippen molar-refractivity contribution in [3.8, 4) is 0 Å². The van der Waals surface area contributed by atoms with Gasteiger partial charge in [-0.2, -0.15) is 0 Å². The molecule has 0 saturated carbocycles. The SMILES string of the molecule is CNCCC(=O)N(C)Cc1nc2c(s1)CCCC2. The van der Waals surface area contributed by atoms with Gasteiger partial charge in [0.2, 0.25) is 5.91 Å². The molecule has 1 N–H and O–H groups in total. The molecule has 0 unspecified atom stereocenters. The lowest BCUT2D eigenvalue weighted by Gasteiger charge is -2.15. The molecule has 1 aromatic rings. The Morgan fingerprint density at radius 3 is 2.94 bits per heavy atom. The van der Waals surface area contributed by atoms with Crippen molar-refractivity contribution in [1.29, 1.82) is 0 Å². The van der Waals surface area contributed by atoms with E-state index in [0.29, 0.717) is 13.0 Å². The Bertz CT molecular complexity index is 393. The van der Waals surface area contributed by atoms with Gasteiger partial charge in [0, 0.05) is 24.9 Å². The van der Waals surface area contributed by atoms with Crippen molar-refractivity contribution in [1.82, 2.24) is 15.2 Å². The van der Waals surface area contributed by atoms with Crippen LogP contribution in [0.25, 0.3) is 0 Å². The number of thiazole rings is 1. The molecule has 4 nitrogen and oxygen atoms in total. The van der Waals surface area contributed by atoms with E-state index in [2.05, 4.69) is 10.3 Å². The van der Waals surface area contributed by atoms with Crippen LogP contribution in [0.5, 0.6) is 0 Å². The Kier molecular flexibility index (Phi) is 4.72. The number of hydrogen-bond donors (Lipinski definition) is 1. The predicted octanol–water partition coefficient (Wildman–Crippen LogP) is 1.59. The fraction of sp³-hybridized carbons (Fsp3) is 0.692. The van der Waals surface area contributed by atoms with Gasteiger partial charge >= 0.3 is 0 Å². The van der Waals surface area contributed by atoms with Crippen LogP contribution in [-0.4, -0.2) is 36.4 Å². The smallest absolute Gasteiger partial charge is 0.223 e. The molecule has 5 heteroatoms. The molecule has 1 aliphatic rings. The van der Waals surface area contributed by atoms with Gasteiger partial charge in [-0.05, 0) is 32.7 Å². The second-order valence-corrected chi connectivity index (χ2v) is 5.96. The van der Waals surface area contributed by atoms with Gasteiger partial charge in [-0.3, -0.25) is 4.79 Å². The Morgan fingerprint density at radius 1 is 1.44 bits per heavy atom. The molecule has 0 radical (unpaired) electrons. The molecule has 1 aromatic heterocycles. The zero-order valence-corrected chi connectivity index (χ0v) is 12.0. The van der Waals surface area contributed by atoms with E-state index in [0.717, 1.165) is 18.0 Å². The van der Waals surface area contributed by atoms with Crippen LogP contribution in [0.3, 0.4) is 0 Å². The van der Waals surface area contributed by atoms with Crippen LogP contribution >= 0.6 is 11.3 Å². The highest BCUT2D eigenvalue weighted by molar-refractivity contribution is 7.11. The van der Waals surface area contributed by atoms with Gasteiger partial charge in [0.1, 0.15) is 5.01 Å². The second kappa shape index (κ2) is 6.29. The molecule has 0 spiro atoms. The maximum absolute atomic E-state index is 11.8. The fourth-order valence-electron chi connectivity index (χ4n) is 2.19. The van der Waals surface area contributed by atoms with E-state index in [1.54, 1.807) is 16.2 Å². The Morgan fingerprint density at radius 2 is 2.22 bits per heavy atom. The summed E-state index contributed by atoms with van der Waals surface area (Å²) in [5, 5.41) is 4.08. The Balaban J connectivity index is 1.92. The van der Waals surface area contributed by atoms with Crippen molar-refractivity contribution >= 4 is 17.2 Å². The standard InChI is InChI=1S/C13H21N3OS/c1-14-8-7-13(17)16(2)9-12-15-10-5-3-4-6-11(10)18-12/h14H,3-9H2,1-2H3. The Hall–Kier alpha value is -0.940. The highest BCUT2D eigenvalue weighted by Crippen LogP contribution is 2.27. The highest BCUT2D eigenvalue weighted by Gasteiger charge is 2.17. The van der Waals surface area contributed by atoms with Crippen LogP contribution in [-0.2, 0) is 24.2 Å². The van der Waals surface area contributed by atoms with Gasteiger partial charge in [-0.25, -0.2) is 4.98 Å². The third kappa shape index (κ3) is 3.29.